The Labute approximate surface area is 146 Å². The van der Waals surface area contributed by atoms with Crippen LogP contribution in [0.3, 0.4) is 0 Å². The molecular formula is C18H16N2O4S. The molecule has 0 spiro atoms. The summed E-state index contributed by atoms with van der Waals surface area (Å²) in [6.07, 6.45) is 0.250. The maximum Gasteiger partial charge on any atom is 0.324 e. The van der Waals surface area contributed by atoms with Crippen LogP contribution in [0.25, 0.3) is 0 Å². The summed E-state index contributed by atoms with van der Waals surface area (Å²) in [7, 11) is -2.72. The largest absolute Gasteiger partial charge is 0.468 e. The zero-order valence-corrected chi connectivity index (χ0v) is 14.4. The van der Waals surface area contributed by atoms with Crippen molar-refractivity contribution in [2.24, 2.45) is 0 Å². The summed E-state index contributed by atoms with van der Waals surface area (Å²) < 4.78 is 32.2. The van der Waals surface area contributed by atoms with Gasteiger partial charge in [-0.25, -0.2) is 8.42 Å². The van der Waals surface area contributed by atoms with E-state index in [1.165, 1.54) is 31.4 Å². The van der Waals surface area contributed by atoms with E-state index in [1.54, 1.807) is 0 Å². The van der Waals surface area contributed by atoms with Gasteiger partial charge in [-0.3, -0.25) is 4.79 Å². The molecule has 25 heavy (non-hydrogen) atoms. The van der Waals surface area contributed by atoms with Crippen molar-refractivity contribution < 1.29 is 17.9 Å². The molecule has 0 aliphatic carbocycles. The Morgan fingerprint density at radius 1 is 1.20 bits per heavy atom. The first-order valence-electron chi connectivity index (χ1n) is 7.64. The molecule has 1 aliphatic heterocycles. The molecule has 0 saturated carbocycles. The second-order valence-electron chi connectivity index (χ2n) is 5.70. The standard InChI is InChI=1S/C18H16N2O4S/c1-24-18(21)17-10-14-6-2-3-7-15(14)12-20(17)25(22,23)16-8-4-5-13(9-16)11-19/h2-9,17H,10,12H2,1H3/t17-/m1/s1. The van der Waals surface area contributed by atoms with Crippen molar-refractivity contribution >= 4 is 16.0 Å². The van der Waals surface area contributed by atoms with Crippen molar-refractivity contribution in [3.05, 3.63) is 65.2 Å². The molecule has 1 atom stereocenters. The van der Waals surface area contributed by atoms with Gasteiger partial charge in [-0.2, -0.15) is 9.57 Å². The highest BCUT2D eigenvalue weighted by atomic mass is 32.2. The lowest BCUT2D eigenvalue weighted by atomic mass is 9.96. The van der Waals surface area contributed by atoms with Crippen molar-refractivity contribution in [1.29, 1.82) is 5.26 Å². The van der Waals surface area contributed by atoms with Crippen molar-refractivity contribution in [2.45, 2.75) is 23.9 Å². The maximum absolute atomic E-state index is 13.1. The van der Waals surface area contributed by atoms with E-state index in [4.69, 9.17) is 10.00 Å². The van der Waals surface area contributed by atoms with Crippen LogP contribution in [-0.4, -0.2) is 31.8 Å². The van der Waals surface area contributed by atoms with Crippen LogP contribution >= 0.6 is 0 Å². The highest BCUT2D eigenvalue weighted by molar-refractivity contribution is 7.89. The number of hydrogen-bond acceptors (Lipinski definition) is 5. The summed E-state index contributed by atoms with van der Waals surface area (Å²) in [5, 5.41) is 9.01. The zero-order chi connectivity index (χ0) is 18.0. The maximum atomic E-state index is 13.1. The first kappa shape index (κ1) is 17.1. The van der Waals surface area contributed by atoms with Gasteiger partial charge in [0.15, 0.2) is 0 Å². The van der Waals surface area contributed by atoms with Gasteiger partial charge in [0.2, 0.25) is 10.0 Å². The number of carbonyl (C=O) groups excluding carboxylic acids is 1. The average molecular weight is 356 g/mol. The molecule has 0 saturated heterocycles. The molecule has 1 heterocycles. The number of methoxy groups -OCH3 is 1. The van der Waals surface area contributed by atoms with E-state index in [-0.39, 0.29) is 23.4 Å². The van der Waals surface area contributed by atoms with Gasteiger partial charge in [0.1, 0.15) is 6.04 Å². The summed E-state index contributed by atoms with van der Waals surface area (Å²) in [5.41, 5.74) is 2.02. The summed E-state index contributed by atoms with van der Waals surface area (Å²) in [5.74, 6) is -0.602. The average Bonchev–Trinajstić information content (AvgIpc) is 2.66. The van der Waals surface area contributed by atoms with E-state index in [9.17, 15) is 13.2 Å². The Morgan fingerprint density at radius 3 is 2.60 bits per heavy atom. The fourth-order valence-electron chi connectivity index (χ4n) is 2.95. The Bertz CT molecular complexity index is 963. The number of ether oxygens (including phenoxy) is 1. The zero-order valence-electron chi connectivity index (χ0n) is 13.5. The van der Waals surface area contributed by atoms with Gasteiger partial charge in [-0.15, -0.1) is 0 Å². The molecule has 0 aromatic heterocycles. The minimum atomic E-state index is -3.96. The van der Waals surface area contributed by atoms with Crippen LogP contribution in [0.2, 0.25) is 0 Å². The quantitative estimate of drug-likeness (QED) is 0.783. The third-order valence-corrected chi connectivity index (χ3v) is 6.10. The van der Waals surface area contributed by atoms with Crippen LogP contribution in [0.15, 0.2) is 53.4 Å². The predicted molar refractivity (Wildman–Crippen MR) is 89.8 cm³/mol. The molecule has 0 bridgehead atoms. The van der Waals surface area contributed by atoms with Crippen LogP contribution in [0.1, 0.15) is 16.7 Å². The number of nitrogens with zero attached hydrogens (tertiary/aromatic N) is 2. The van der Waals surface area contributed by atoms with Crippen LogP contribution < -0.4 is 0 Å². The third-order valence-electron chi connectivity index (χ3n) is 4.25. The molecule has 0 unspecified atom stereocenters. The fraction of sp³-hybridized carbons (Fsp3) is 0.222. The number of nitriles is 1. The van der Waals surface area contributed by atoms with E-state index >= 15 is 0 Å². The molecule has 2 aromatic carbocycles. The van der Waals surface area contributed by atoms with Gasteiger partial charge in [-0.1, -0.05) is 30.3 Å². The first-order chi connectivity index (χ1) is 12.0. The van der Waals surface area contributed by atoms with Crippen molar-refractivity contribution in [3.8, 4) is 6.07 Å². The van der Waals surface area contributed by atoms with Gasteiger partial charge in [-0.05, 0) is 29.3 Å². The van der Waals surface area contributed by atoms with Gasteiger partial charge in [0.25, 0.3) is 0 Å². The molecule has 7 heteroatoms. The predicted octanol–water partition coefficient (Wildman–Crippen LogP) is 1.85. The smallest absolute Gasteiger partial charge is 0.324 e. The molecule has 0 N–H and O–H groups in total. The van der Waals surface area contributed by atoms with Crippen LogP contribution in [0.5, 0.6) is 0 Å². The Balaban J connectivity index is 2.08. The number of benzene rings is 2. The molecule has 2 aromatic rings. The second kappa shape index (κ2) is 6.67. The first-order valence-corrected chi connectivity index (χ1v) is 9.08. The van der Waals surface area contributed by atoms with Gasteiger partial charge < -0.3 is 4.74 Å². The lowest BCUT2D eigenvalue weighted by Crippen LogP contribution is -2.49. The van der Waals surface area contributed by atoms with Crippen molar-refractivity contribution in [2.75, 3.05) is 7.11 Å². The van der Waals surface area contributed by atoms with Gasteiger partial charge >= 0.3 is 5.97 Å². The monoisotopic (exact) mass is 356 g/mol. The van der Waals surface area contributed by atoms with Crippen molar-refractivity contribution in [3.63, 3.8) is 0 Å². The number of sulfonamides is 1. The number of rotatable bonds is 3. The second-order valence-corrected chi connectivity index (χ2v) is 7.59. The number of fused-ring (bicyclic) bond motifs is 1. The van der Waals surface area contributed by atoms with E-state index in [0.29, 0.717) is 0 Å². The minimum Gasteiger partial charge on any atom is -0.468 e. The lowest BCUT2D eigenvalue weighted by Gasteiger charge is -2.34. The highest BCUT2D eigenvalue weighted by Crippen LogP contribution is 2.29. The SMILES string of the molecule is COC(=O)[C@H]1Cc2ccccc2CN1S(=O)(=O)c1cccc(C#N)c1. The van der Waals surface area contributed by atoms with Crippen LogP contribution in [0, 0.1) is 11.3 Å². The van der Waals surface area contributed by atoms with Gasteiger partial charge in [0.05, 0.1) is 23.6 Å². The molecule has 0 radical (unpaired) electrons. The highest BCUT2D eigenvalue weighted by Gasteiger charge is 2.40. The third kappa shape index (κ3) is 3.14. The van der Waals surface area contributed by atoms with E-state index < -0.39 is 22.0 Å². The summed E-state index contributed by atoms with van der Waals surface area (Å²) >= 11 is 0. The number of carbonyl (C=O) groups is 1. The summed E-state index contributed by atoms with van der Waals surface area (Å²) in [6, 6.07) is 14.2. The van der Waals surface area contributed by atoms with E-state index in [0.717, 1.165) is 15.4 Å². The molecule has 6 nitrogen and oxygen atoms in total. The fourth-order valence-corrected chi connectivity index (χ4v) is 4.55. The normalized spacial score (nSPS) is 17.4. The Morgan fingerprint density at radius 2 is 1.92 bits per heavy atom. The molecular weight excluding hydrogens is 340 g/mol. The Hall–Kier alpha value is -2.69. The molecule has 128 valence electrons. The van der Waals surface area contributed by atoms with E-state index in [2.05, 4.69) is 0 Å². The molecule has 0 fully saturated rings. The van der Waals surface area contributed by atoms with Crippen LogP contribution in [0.4, 0.5) is 0 Å². The number of hydrogen-bond donors (Lipinski definition) is 0. The van der Waals surface area contributed by atoms with Crippen LogP contribution in [-0.2, 0) is 32.5 Å². The topological polar surface area (TPSA) is 87.5 Å². The summed E-state index contributed by atoms with van der Waals surface area (Å²) in [4.78, 5) is 12.2. The minimum absolute atomic E-state index is 0.0140. The summed E-state index contributed by atoms with van der Waals surface area (Å²) in [6.45, 7) is 0.0784. The number of esters is 1. The van der Waals surface area contributed by atoms with Gasteiger partial charge in [0, 0.05) is 13.0 Å². The lowest BCUT2D eigenvalue weighted by molar-refractivity contribution is -0.145. The molecule has 0 amide bonds. The molecule has 3 rings (SSSR count). The molecule has 1 aliphatic rings. The van der Waals surface area contributed by atoms with E-state index in [1.807, 2.05) is 30.3 Å². The Kier molecular flexibility index (Phi) is 4.57. The van der Waals surface area contributed by atoms with Crippen molar-refractivity contribution in [1.82, 2.24) is 4.31 Å².